The van der Waals surface area contributed by atoms with Gasteiger partial charge in [-0.05, 0) is 49.3 Å². The smallest absolute Gasteiger partial charge is 0.416 e. The number of hydrogen-bond donors (Lipinski definition) is 2. The molecule has 238 valence electrons. The molecule has 17 heteroatoms. The number of aromatic nitrogens is 3. The summed E-state index contributed by atoms with van der Waals surface area (Å²) < 4.78 is 130. The lowest BCUT2D eigenvalue weighted by molar-refractivity contribution is -0.277. The Morgan fingerprint density at radius 3 is 2.11 bits per heavy atom. The first-order valence-corrected chi connectivity index (χ1v) is 13.3. The van der Waals surface area contributed by atoms with E-state index in [1.807, 2.05) is 0 Å². The molecule has 1 atom stereocenters. The second kappa shape index (κ2) is 10.6. The molecule has 1 aliphatic carbocycles. The van der Waals surface area contributed by atoms with Crippen LogP contribution >= 0.6 is 0 Å². The first kappa shape index (κ1) is 31.5. The maximum Gasteiger partial charge on any atom is 0.426 e. The number of carbonyl (C=O) groups is 1. The third-order valence-electron chi connectivity index (χ3n) is 7.94. The summed E-state index contributed by atoms with van der Waals surface area (Å²) in [5.74, 6) is -3.35. The minimum Gasteiger partial charge on any atom is -0.416 e. The number of alkyl halides is 9. The van der Waals surface area contributed by atoms with Crippen molar-refractivity contribution in [3.8, 4) is 11.6 Å². The molecule has 1 saturated carbocycles. The Balaban J connectivity index is 1.56. The predicted molar refractivity (Wildman–Crippen MR) is 134 cm³/mol. The summed E-state index contributed by atoms with van der Waals surface area (Å²) in [5, 5.41) is 17.2. The molecule has 3 N–H and O–H groups in total. The summed E-state index contributed by atoms with van der Waals surface area (Å²) in [4.78, 5) is 18.3. The van der Waals surface area contributed by atoms with Gasteiger partial charge in [-0.1, -0.05) is 30.7 Å². The van der Waals surface area contributed by atoms with Crippen LogP contribution in [0.1, 0.15) is 71.6 Å². The monoisotopic (exact) mass is 637 g/mol. The Hall–Kier alpha value is -3.89. The molecule has 1 amide bonds. The van der Waals surface area contributed by atoms with Crippen LogP contribution in [-0.2, 0) is 23.7 Å². The Morgan fingerprint density at radius 2 is 1.55 bits per heavy atom. The van der Waals surface area contributed by atoms with Crippen molar-refractivity contribution in [1.82, 2.24) is 20.1 Å². The number of benzene rings is 1. The molecule has 3 heterocycles. The van der Waals surface area contributed by atoms with Gasteiger partial charge in [0.05, 0.1) is 16.7 Å². The van der Waals surface area contributed by atoms with Gasteiger partial charge in [0.25, 0.3) is 17.7 Å². The number of aliphatic hydroxyl groups is 1. The van der Waals surface area contributed by atoms with Crippen molar-refractivity contribution >= 4 is 11.6 Å². The average molecular weight is 638 g/mol. The quantitative estimate of drug-likeness (QED) is 0.324. The van der Waals surface area contributed by atoms with Crippen LogP contribution in [0.4, 0.5) is 45.2 Å². The molecule has 0 unspecified atom stereocenters. The highest BCUT2D eigenvalue weighted by Crippen LogP contribution is 2.58. The number of amides is 1. The standard InChI is InChI=1S/C27H24F9N5O3/c28-25(29,30)16-12-17(37)19-20-39-40-22(44-20)24(43,27(34,35)36)8-2-1-3-11-41(21(42)18(16)38-19)13-14-4-6-15(7-5-14)23(9-10-23)26(31,32)33/h4-7,12,43H,1-3,8-11,13,37H2/t24-/m1/s1. The fourth-order valence-corrected chi connectivity index (χ4v) is 5.21. The lowest BCUT2D eigenvalue weighted by Crippen LogP contribution is -2.42. The zero-order valence-corrected chi connectivity index (χ0v) is 22.6. The second-order valence-corrected chi connectivity index (χ2v) is 10.9. The van der Waals surface area contributed by atoms with E-state index in [4.69, 9.17) is 10.2 Å². The molecular formula is C27H24F9N5O3. The van der Waals surface area contributed by atoms with Crippen LogP contribution in [0.2, 0.25) is 0 Å². The maximum atomic E-state index is 14.1. The number of anilines is 1. The Bertz CT molecular complexity index is 1550. The van der Waals surface area contributed by atoms with E-state index >= 15 is 0 Å². The number of rotatable bonds is 3. The van der Waals surface area contributed by atoms with Gasteiger partial charge in [-0.25, -0.2) is 4.98 Å². The molecule has 4 bridgehead atoms. The van der Waals surface area contributed by atoms with E-state index in [1.54, 1.807) is 0 Å². The summed E-state index contributed by atoms with van der Waals surface area (Å²) in [6, 6.07) is 5.51. The van der Waals surface area contributed by atoms with Gasteiger partial charge in [0.15, 0.2) is 5.69 Å². The van der Waals surface area contributed by atoms with Gasteiger partial charge >= 0.3 is 18.5 Å². The molecule has 5 rings (SSSR count). The van der Waals surface area contributed by atoms with E-state index < -0.39 is 76.3 Å². The van der Waals surface area contributed by atoms with Crippen molar-refractivity contribution in [2.45, 2.75) is 74.6 Å². The Morgan fingerprint density at radius 1 is 0.886 bits per heavy atom. The second-order valence-electron chi connectivity index (χ2n) is 10.9. The lowest BCUT2D eigenvalue weighted by Gasteiger charge is -2.28. The Labute approximate surface area is 243 Å². The van der Waals surface area contributed by atoms with Crippen molar-refractivity contribution in [2.75, 3.05) is 12.3 Å². The van der Waals surface area contributed by atoms with E-state index in [2.05, 4.69) is 15.2 Å². The van der Waals surface area contributed by atoms with Crippen molar-refractivity contribution < 1.29 is 53.8 Å². The topological polar surface area (TPSA) is 118 Å². The minimum atomic E-state index is -5.27. The SMILES string of the molecule is Nc1cc(C(F)(F)F)c2nc1-c1nnc(o1)[C@@](O)(C(F)(F)F)CCCCCN(Cc1ccc(C3(C(F)(F)F)CC3)cc1)C2=O. The number of nitrogens with two attached hydrogens (primary N) is 1. The zero-order chi connectivity index (χ0) is 32.3. The van der Waals surface area contributed by atoms with E-state index in [0.717, 1.165) is 4.90 Å². The van der Waals surface area contributed by atoms with Crippen molar-refractivity contribution in [1.29, 1.82) is 0 Å². The lowest BCUT2D eigenvalue weighted by atomic mass is 9.94. The van der Waals surface area contributed by atoms with Crippen molar-refractivity contribution in [3.63, 3.8) is 0 Å². The molecule has 1 fully saturated rings. The van der Waals surface area contributed by atoms with E-state index in [0.29, 0.717) is 11.6 Å². The molecule has 0 saturated heterocycles. The van der Waals surface area contributed by atoms with Crippen molar-refractivity contribution in [3.05, 3.63) is 58.6 Å². The van der Waals surface area contributed by atoms with Crippen LogP contribution in [0.25, 0.3) is 11.6 Å². The van der Waals surface area contributed by atoms with Crippen LogP contribution in [-0.4, -0.2) is 50.0 Å². The minimum absolute atomic E-state index is 0.00674. The number of nitrogens with zero attached hydrogens (tertiary/aromatic N) is 4. The van der Waals surface area contributed by atoms with Gasteiger partial charge in [-0.2, -0.15) is 39.5 Å². The highest BCUT2D eigenvalue weighted by Gasteiger charge is 2.64. The number of nitrogen functional groups attached to an aromatic ring is 1. The predicted octanol–water partition coefficient (Wildman–Crippen LogP) is 6.29. The molecule has 1 aromatic carbocycles. The number of fused-ring (bicyclic) bond motifs is 5. The van der Waals surface area contributed by atoms with Crippen LogP contribution in [0.5, 0.6) is 0 Å². The molecule has 0 spiro atoms. The molecule has 0 radical (unpaired) electrons. The summed E-state index contributed by atoms with van der Waals surface area (Å²) in [6.07, 6.45) is -16.2. The van der Waals surface area contributed by atoms with Gasteiger partial charge in [0.2, 0.25) is 5.60 Å². The van der Waals surface area contributed by atoms with Gasteiger partial charge in [-0.15, -0.1) is 10.2 Å². The first-order valence-electron chi connectivity index (χ1n) is 13.3. The fourth-order valence-electron chi connectivity index (χ4n) is 5.21. The normalized spacial score (nSPS) is 21.2. The number of pyridine rings is 1. The molecule has 44 heavy (non-hydrogen) atoms. The summed E-state index contributed by atoms with van der Waals surface area (Å²) >= 11 is 0. The molecule has 3 aromatic rings. The zero-order valence-electron chi connectivity index (χ0n) is 22.6. The van der Waals surface area contributed by atoms with Gasteiger partial charge in [0.1, 0.15) is 5.69 Å². The molecule has 2 aromatic heterocycles. The fraction of sp³-hybridized carbons (Fsp3) is 0.481. The van der Waals surface area contributed by atoms with Crippen LogP contribution in [0, 0.1) is 0 Å². The Kier molecular flexibility index (Phi) is 7.62. The molecule has 8 nitrogen and oxygen atoms in total. The van der Waals surface area contributed by atoms with Gasteiger partial charge in [-0.3, -0.25) is 4.79 Å². The maximum absolute atomic E-state index is 14.1. The first-order chi connectivity index (χ1) is 20.4. The largest absolute Gasteiger partial charge is 0.426 e. The number of hydrogen-bond acceptors (Lipinski definition) is 7. The summed E-state index contributed by atoms with van der Waals surface area (Å²) in [7, 11) is 0. The highest BCUT2D eigenvalue weighted by atomic mass is 19.4. The van der Waals surface area contributed by atoms with E-state index in [1.165, 1.54) is 24.3 Å². The number of carbonyl (C=O) groups excluding carboxylic acids is 1. The molecule has 2 aliphatic rings. The van der Waals surface area contributed by atoms with Crippen molar-refractivity contribution in [2.24, 2.45) is 0 Å². The third kappa shape index (κ3) is 5.57. The number of halogens is 9. The van der Waals surface area contributed by atoms with E-state index in [-0.39, 0.29) is 50.8 Å². The average Bonchev–Trinajstić information content (AvgIpc) is 3.61. The van der Waals surface area contributed by atoms with Crippen LogP contribution in [0.15, 0.2) is 34.7 Å². The van der Waals surface area contributed by atoms with E-state index in [9.17, 15) is 49.4 Å². The van der Waals surface area contributed by atoms with Crippen LogP contribution < -0.4 is 5.73 Å². The third-order valence-corrected chi connectivity index (χ3v) is 7.94. The summed E-state index contributed by atoms with van der Waals surface area (Å²) in [6.45, 7) is -0.609. The summed E-state index contributed by atoms with van der Waals surface area (Å²) in [5.41, 5.74) is -3.67. The van der Waals surface area contributed by atoms with Crippen LogP contribution in [0.3, 0.4) is 0 Å². The van der Waals surface area contributed by atoms with Gasteiger partial charge in [0, 0.05) is 13.1 Å². The molecule has 1 aliphatic heterocycles. The molecular weight excluding hydrogens is 613 g/mol. The highest BCUT2D eigenvalue weighted by molar-refractivity contribution is 5.95. The van der Waals surface area contributed by atoms with Gasteiger partial charge < -0.3 is 20.2 Å².